The highest BCUT2D eigenvalue weighted by Crippen LogP contribution is 2.22. The van der Waals surface area contributed by atoms with Crippen LogP contribution < -0.4 is 4.90 Å². The van der Waals surface area contributed by atoms with Gasteiger partial charge in [0.25, 0.3) is 15.9 Å². The van der Waals surface area contributed by atoms with Crippen LogP contribution in [-0.4, -0.2) is 73.4 Å². The molecule has 0 unspecified atom stereocenters. The lowest BCUT2D eigenvalue weighted by Crippen LogP contribution is -2.44. The number of hydrogen-bond acceptors (Lipinski definition) is 7. The van der Waals surface area contributed by atoms with Crippen LogP contribution in [0.3, 0.4) is 0 Å². The molecule has 4 heterocycles. The molecule has 1 amide bonds. The number of amidine groups is 1. The molecule has 1 aromatic heterocycles. The average Bonchev–Trinajstić information content (AvgIpc) is 3.04. The third-order valence-corrected chi connectivity index (χ3v) is 6.54. The second-order valence-electron chi connectivity index (χ2n) is 6.26. The van der Waals surface area contributed by atoms with Gasteiger partial charge in [0.2, 0.25) is 0 Å². The van der Waals surface area contributed by atoms with Crippen molar-refractivity contribution in [3.8, 4) is 0 Å². The van der Waals surface area contributed by atoms with Crippen molar-refractivity contribution in [3.05, 3.63) is 35.5 Å². The van der Waals surface area contributed by atoms with Gasteiger partial charge in [0.1, 0.15) is 0 Å². The van der Waals surface area contributed by atoms with Crippen molar-refractivity contribution >= 4 is 38.2 Å². The molecule has 0 N–H and O–H groups in total. The van der Waals surface area contributed by atoms with Gasteiger partial charge >= 0.3 is 0 Å². The van der Waals surface area contributed by atoms with E-state index in [1.807, 2.05) is 5.38 Å². The number of carbonyl (C=O) groups excluding carboxylic acids is 1. The summed E-state index contributed by atoms with van der Waals surface area (Å²) < 4.78 is 27.6. The Hall–Kier alpha value is -2.20. The first-order chi connectivity index (χ1) is 12.5. The highest BCUT2D eigenvalue weighted by atomic mass is 32.2. The smallest absolute Gasteiger partial charge is 0.257 e. The van der Waals surface area contributed by atoms with E-state index < -0.39 is 10.0 Å². The Bertz CT molecular complexity index is 889. The van der Waals surface area contributed by atoms with Gasteiger partial charge in [0.05, 0.1) is 11.3 Å². The van der Waals surface area contributed by atoms with E-state index in [9.17, 15) is 13.2 Å². The van der Waals surface area contributed by atoms with Crippen molar-refractivity contribution in [3.63, 3.8) is 0 Å². The number of carbonyl (C=O) groups is 1. The Kier molecular flexibility index (Phi) is 4.53. The molecule has 1 fully saturated rings. The Labute approximate surface area is 156 Å². The summed E-state index contributed by atoms with van der Waals surface area (Å²) in [4.78, 5) is 23.1. The van der Waals surface area contributed by atoms with Crippen molar-refractivity contribution in [2.75, 3.05) is 43.4 Å². The maximum absolute atomic E-state index is 13.1. The second kappa shape index (κ2) is 6.84. The van der Waals surface area contributed by atoms with Crippen LogP contribution in [0.15, 0.2) is 39.9 Å². The summed E-state index contributed by atoms with van der Waals surface area (Å²) in [6, 6.07) is 0. The summed E-state index contributed by atoms with van der Waals surface area (Å²) in [7, 11) is -3.51. The third kappa shape index (κ3) is 3.38. The molecule has 0 bridgehead atoms. The van der Waals surface area contributed by atoms with E-state index in [0.29, 0.717) is 31.8 Å². The quantitative estimate of drug-likeness (QED) is 0.734. The molecule has 1 aromatic rings. The number of anilines is 1. The largest absolute Gasteiger partial charge is 0.346 e. The average molecular weight is 393 g/mol. The molecular weight excluding hydrogens is 374 g/mol. The Morgan fingerprint density at radius 2 is 2.04 bits per heavy atom. The maximum atomic E-state index is 13.1. The normalized spacial score (nSPS) is 22.4. The number of sulfonamides is 1. The number of hydrogen-bond donors (Lipinski definition) is 0. The van der Waals surface area contributed by atoms with E-state index in [1.54, 1.807) is 45.7 Å². The number of nitrogens with zero attached hydrogens (tertiary/aromatic N) is 5. The molecule has 0 aliphatic carbocycles. The van der Waals surface area contributed by atoms with Gasteiger partial charge in [-0.3, -0.25) is 4.79 Å². The van der Waals surface area contributed by atoms with Gasteiger partial charge in [-0.05, 0) is 18.6 Å². The zero-order chi connectivity index (χ0) is 18.1. The molecule has 0 atom stereocenters. The molecular formula is C16H19N5O3S2. The van der Waals surface area contributed by atoms with Crippen LogP contribution in [0, 0.1) is 0 Å². The predicted molar refractivity (Wildman–Crippen MR) is 101 cm³/mol. The number of amides is 1. The fourth-order valence-electron chi connectivity index (χ4n) is 3.24. The van der Waals surface area contributed by atoms with Crippen LogP contribution in [0.1, 0.15) is 6.42 Å². The minimum Gasteiger partial charge on any atom is -0.346 e. The standard InChI is InChI=1S/C16H19N5O3S2/c22-15(13-3-1-5-19-10-12-26(23,24)18-14(13)19)20-6-2-7-21(9-8-20)16-17-4-11-25-16/h1,3-5,11H,2,6-10,12H2. The van der Waals surface area contributed by atoms with Crippen LogP contribution in [0.5, 0.6) is 0 Å². The molecule has 0 aromatic carbocycles. The van der Waals surface area contributed by atoms with Gasteiger partial charge in [-0.15, -0.1) is 15.7 Å². The molecule has 0 saturated carbocycles. The fraction of sp³-hybridized carbons (Fsp3) is 0.438. The highest BCUT2D eigenvalue weighted by molar-refractivity contribution is 7.90. The minimum atomic E-state index is -3.51. The molecule has 1 saturated heterocycles. The van der Waals surface area contributed by atoms with Gasteiger partial charge in [0.15, 0.2) is 11.0 Å². The van der Waals surface area contributed by atoms with Crippen molar-refractivity contribution in [1.29, 1.82) is 0 Å². The number of fused-ring (bicyclic) bond motifs is 1. The Morgan fingerprint density at radius 3 is 2.85 bits per heavy atom. The molecule has 4 rings (SSSR count). The summed E-state index contributed by atoms with van der Waals surface area (Å²) in [6.45, 7) is 3.07. The number of allylic oxidation sites excluding steroid dienone is 2. The first-order valence-electron chi connectivity index (χ1n) is 8.45. The summed E-state index contributed by atoms with van der Waals surface area (Å²) in [6.07, 6.45) is 7.80. The molecule has 0 spiro atoms. The molecule has 3 aliphatic heterocycles. The zero-order valence-corrected chi connectivity index (χ0v) is 15.7. The Morgan fingerprint density at radius 1 is 1.15 bits per heavy atom. The van der Waals surface area contributed by atoms with Crippen LogP contribution in [0.4, 0.5) is 5.13 Å². The molecule has 10 heteroatoms. The van der Waals surface area contributed by atoms with Gasteiger partial charge in [-0.1, -0.05) is 0 Å². The molecule has 3 aliphatic rings. The van der Waals surface area contributed by atoms with Crippen LogP contribution in [0.2, 0.25) is 0 Å². The van der Waals surface area contributed by atoms with E-state index in [1.165, 1.54) is 0 Å². The van der Waals surface area contributed by atoms with E-state index in [0.717, 1.165) is 18.1 Å². The highest BCUT2D eigenvalue weighted by Gasteiger charge is 2.32. The SMILES string of the molecule is O=C(C1=CC=CN2CCS(=O)(=O)N=C12)N1CCCN(c2nccs2)CC1. The van der Waals surface area contributed by atoms with Crippen molar-refractivity contribution in [1.82, 2.24) is 14.8 Å². The van der Waals surface area contributed by atoms with Crippen molar-refractivity contribution in [2.45, 2.75) is 6.42 Å². The lowest BCUT2D eigenvalue weighted by molar-refractivity contribution is -0.126. The summed E-state index contributed by atoms with van der Waals surface area (Å²) in [5.74, 6) is 0.0374. The lowest BCUT2D eigenvalue weighted by Gasteiger charge is -2.31. The topological polar surface area (TPSA) is 86.2 Å². The number of aromatic nitrogens is 1. The van der Waals surface area contributed by atoms with E-state index in [4.69, 9.17) is 0 Å². The predicted octanol–water partition coefficient (Wildman–Crippen LogP) is 0.679. The van der Waals surface area contributed by atoms with Crippen LogP contribution in [-0.2, 0) is 14.8 Å². The van der Waals surface area contributed by atoms with Crippen LogP contribution in [0.25, 0.3) is 0 Å². The molecule has 138 valence electrons. The fourth-order valence-corrected chi connectivity index (χ4v) is 4.92. The lowest BCUT2D eigenvalue weighted by atomic mass is 10.1. The van der Waals surface area contributed by atoms with E-state index >= 15 is 0 Å². The van der Waals surface area contributed by atoms with Gasteiger partial charge in [-0.25, -0.2) is 13.4 Å². The first kappa shape index (κ1) is 17.2. The zero-order valence-electron chi connectivity index (χ0n) is 14.1. The monoisotopic (exact) mass is 393 g/mol. The Balaban J connectivity index is 1.53. The molecule has 0 radical (unpaired) electrons. The summed E-state index contributed by atoms with van der Waals surface area (Å²) in [5.41, 5.74) is 0.346. The summed E-state index contributed by atoms with van der Waals surface area (Å²) >= 11 is 1.59. The maximum Gasteiger partial charge on any atom is 0.257 e. The first-order valence-corrected chi connectivity index (χ1v) is 10.9. The van der Waals surface area contributed by atoms with Gasteiger partial charge < -0.3 is 14.7 Å². The van der Waals surface area contributed by atoms with Crippen LogP contribution >= 0.6 is 11.3 Å². The van der Waals surface area contributed by atoms with Crippen molar-refractivity contribution in [2.24, 2.45) is 4.40 Å². The van der Waals surface area contributed by atoms with E-state index in [2.05, 4.69) is 14.3 Å². The van der Waals surface area contributed by atoms with Gasteiger partial charge in [-0.2, -0.15) is 0 Å². The molecule has 26 heavy (non-hydrogen) atoms. The second-order valence-corrected chi connectivity index (χ2v) is 8.89. The van der Waals surface area contributed by atoms with E-state index in [-0.39, 0.29) is 17.5 Å². The van der Waals surface area contributed by atoms with Crippen molar-refractivity contribution < 1.29 is 13.2 Å². The molecule has 8 nitrogen and oxygen atoms in total. The number of rotatable bonds is 2. The minimum absolute atomic E-state index is 0.0329. The third-order valence-electron chi connectivity index (χ3n) is 4.56. The number of thiazole rings is 1. The summed E-state index contributed by atoms with van der Waals surface area (Å²) in [5, 5.41) is 2.91. The van der Waals surface area contributed by atoms with Gasteiger partial charge in [0, 0.05) is 50.5 Å².